The van der Waals surface area contributed by atoms with Crippen LogP contribution < -0.4 is 10.5 Å². The zero-order valence-electron chi connectivity index (χ0n) is 9.95. The minimum Gasteiger partial charge on any atom is -0.493 e. The Balaban J connectivity index is 2.43. The van der Waals surface area contributed by atoms with Crippen molar-refractivity contribution >= 4 is 11.6 Å². The van der Waals surface area contributed by atoms with Crippen molar-refractivity contribution in [3.63, 3.8) is 0 Å². The topological polar surface area (TPSA) is 35.2 Å². The fourth-order valence-corrected chi connectivity index (χ4v) is 1.85. The molecule has 0 aliphatic carbocycles. The van der Waals surface area contributed by atoms with Gasteiger partial charge in [0.2, 0.25) is 0 Å². The van der Waals surface area contributed by atoms with Crippen molar-refractivity contribution in [3.8, 4) is 5.75 Å². The summed E-state index contributed by atoms with van der Waals surface area (Å²) in [6.07, 6.45) is 1.09. The molecule has 0 amide bonds. The third-order valence-corrected chi connectivity index (χ3v) is 2.65. The normalized spacial score (nSPS) is 12.8. The van der Waals surface area contributed by atoms with Crippen LogP contribution in [0.1, 0.15) is 20.3 Å². The van der Waals surface area contributed by atoms with E-state index >= 15 is 0 Å². The number of benzene rings is 1. The first-order valence-corrected chi connectivity index (χ1v) is 6.08. The molecule has 0 aromatic heterocycles. The van der Waals surface area contributed by atoms with Crippen LogP contribution in [0.15, 0.2) is 24.3 Å². The van der Waals surface area contributed by atoms with Gasteiger partial charge in [-0.15, -0.1) is 0 Å². The van der Waals surface area contributed by atoms with Gasteiger partial charge in [0.25, 0.3) is 0 Å². The van der Waals surface area contributed by atoms with Crippen LogP contribution in [0.3, 0.4) is 0 Å². The highest BCUT2D eigenvalue weighted by atomic mass is 35.5. The highest BCUT2D eigenvalue weighted by Crippen LogP contribution is 2.19. The first-order valence-electron chi connectivity index (χ1n) is 5.70. The molecule has 1 rings (SSSR count). The van der Waals surface area contributed by atoms with Gasteiger partial charge in [-0.05, 0) is 37.1 Å². The molecule has 0 fully saturated rings. The minimum atomic E-state index is 0.416. The van der Waals surface area contributed by atoms with Crippen LogP contribution in [0.5, 0.6) is 5.75 Å². The van der Waals surface area contributed by atoms with E-state index in [9.17, 15) is 0 Å². The smallest absolute Gasteiger partial charge is 0.120 e. The van der Waals surface area contributed by atoms with Crippen LogP contribution >= 0.6 is 11.6 Å². The Kier molecular flexibility index (Phi) is 5.64. The van der Waals surface area contributed by atoms with Crippen LogP contribution in [0.2, 0.25) is 5.02 Å². The fraction of sp³-hybridized carbons (Fsp3) is 0.538. The number of rotatable bonds is 6. The Morgan fingerprint density at radius 1 is 1.38 bits per heavy atom. The maximum atomic E-state index is 5.87. The van der Waals surface area contributed by atoms with Gasteiger partial charge in [0.15, 0.2) is 0 Å². The van der Waals surface area contributed by atoms with Crippen LogP contribution in [0.4, 0.5) is 0 Å². The maximum Gasteiger partial charge on any atom is 0.120 e. The van der Waals surface area contributed by atoms with Gasteiger partial charge < -0.3 is 10.5 Å². The van der Waals surface area contributed by atoms with Gasteiger partial charge in [-0.25, -0.2) is 0 Å². The molecule has 0 bridgehead atoms. The van der Waals surface area contributed by atoms with Gasteiger partial charge in [0.05, 0.1) is 6.61 Å². The number of nitrogens with two attached hydrogens (primary N) is 1. The quantitative estimate of drug-likeness (QED) is 0.829. The van der Waals surface area contributed by atoms with E-state index < -0.39 is 0 Å². The Hall–Kier alpha value is -0.730. The molecule has 0 saturated heterocycles. The summed E-state index contributed by atoms with van der Waals surface area (Å²) in [7, 11) is 0. The lowest BCUT2D eigenvalue weighted by Gasteiger charge is -2.17. The summed E-state index contributed by atoms with van der Waals surface area (Å²) < 4.78 is 5.68. The van der Waals surface area contributed by atoms with E-state index in [1.165, 1.54) is 0 Å². The van der Waals surface area contributed by atoms with Crippen molar-refractivity contribution in [2.24, 2.45) is 17.6 Å². The Bertz CT molecular complexity index is 315. The lowest BCUT2D eigenvalue weighted by atomic mass is 9.98. The Morgan fingerprint density at radius 2 is 2.12 bits per heavy atom. The monoisotopic (exact) mass is 241 g/mol. The second-order valence-electron chi connectivity index (χ2n) is 4.50. The first-order chi connectivity index (χ1) is 7.61. The Morgan fingerprint density at radius 3 is 2.69 bits per heavy atom. The summed E-state index contributed by atoms with van der Waals surface area (Å²) in [6, 6.07) is 7.46. The molecule has 1 unspecified atom stereocenters. The molecule has 16 heavy (non-hydrogen) atoms. The Labute approximate surface area is 103 Å². The number of halogens is 1. The zero-order valence-corrected chi connectivity index (χ0v) is 10.7. The predicted octanol–water partition coefficient (Wildman–Crippen LogP) is 3.34. The summed E-state index contributed by atoms with van der Waals surface area (Å²) in [4.78, 5) is 0. The molecule has 2 nitrogen and oxygen atoms in total. The minimum absolute atomic E-state index is 0.416. The van der Waals surface area contributed by atoms with E-state index in [4.69, 9.17) is 22.1 Å². The maximum absolute atomic E-state index is 5.87. The molecule has 0 radical (unpaired) electrons. The van der Waals surface area contributed by atoms with Gasteiger partial charge >= 0.3 is 0 Å². The SMILES string of the molecule is CC(C)CC(CN)COc1cccc(Cl)c1. The average molecular weight is 242 g/mol. The standard InChI is InChI=1S/C13H20ClNO/c1-10(2)6-11(8-15)9-16-13-5-3-4-12(14)7-13/h3-5,7,10-11H,6,8-9,15H2,1-2H3. The van der Waals surface area contributed by atoms with Crippen molar-refractivity contribution < 1.29 is 4.74 Å². The molecule has 0 spiro atoms. The van der Waals surface area contributed by atoms with Gasteiger partial charge in [-0.1, -0.05) is 31.5 Å². The lowest BCUT2D eigenvalue weighted by Crippen LogP contribution is -2.23. The van der Waals surface area contributed by atoms with Crippen molar-refractivity contribution in [1.29, 1.82) is 0 Å². The first kappa shape index (κ1) is 13.3. The summed E-state index contributed by atoms with van der Waals surface area (Å²) >= 11 is 5.87. The molecule has 1 aromatic rings. The van der Waals surface area contributed by atoms with Crippen LogP contribution in [-0.2, 0) is 0 Å². The average Bonchev–Trinajstić information content (AvgIpc) is 2.24. The molecule has 1 atom stereocenters. The summed E-state index contributed by atoms with van der Waals surface area (Å²) in [5.74, 6) is 1.88. The van der Waals surface area contributed by atoms with Crippen LogP contribution in [-0.4, -0.2) is 13.2 Å². The lowest BCUT2D eigenvalue weighted by molar-refractivity contribution is 0.231. The zero-order chi connectivity index (χ0) is 12.0. The molecule has 2 N–H and O–H groups in total. The van der Waals surface area contributed by atoms with Crippen molar-refractivity contribution in [2.45, 2.75) is 20.3 Å². The van der Waals surface area contributed by atoms with Gasteiger partial charge in [-0.3, -0.25) is 0 Å². The highest BCUT2D eigenvalue weighted by molar-refractivity contribution is 6.30. The second-order valence-corrected chi connectivity index (χ2v) is 4.94. The molecular formula is C13H20ClNO. The molecule has 0 heterocycles. The van der Waals surface area contributed by atoms with Gasteiger partial charge in [-0.2, -0.15) is 0 Å². The second kappa shape index (κ2) is 6.77. The molecule has 0 aliphatic rings. The molecule has 3 heteroatoms. The number of hydrogen-bond donors (Lipinski definition) is 1. The number of ether oxygens (including phenoxy) is 1. The van der Waals surface area contributed by atoms with E-state index in [0.717, 1.165) is 12.2 Å². The van der Waals surface area contributed by atoms with Crippen molar-refractivity contribution in [2.75, 3.05) is 13.2 Å². The third-order valence-electron chi connectivity index (χ3n) is 2.42. The highest BCUT2D eigenvalue weighted by Gasteiger charge is 2.10. The van der Waals surface area contributed by atoms with E-state index in [0.29, 0.717) is 30.0 Å². The summed E-state index contributed by atoms with van der Waals surface area (Å²) in [6.45, 7) is 5.72. The fourth-order valence-electron chi connectivity index (χ4n) is 1.67. The molecule has 90 valence electrons. The molecular weight excluding hydrogens is 222 g/mol. The van der Waals surface area contributed by atoms with E-state index in [2.05, 4.69) is 13.8 Å². The molecule has 1 aromatic carbocycles. The van der Waals surface area contributed by atoms with Gasteiger partial charge in [0.1, 0.15) is 5.75 Å². The van der Waals surface area contributed by atoms with E-state index in [-0.39, 0.29) is 0 Å². The van der Waals surface area contributed by atoms with Crippen LogP contribution in [0.25, 0.3) is 0 Å². The van der Waals surface area contributed by atoms with Crippen LogP contribution in [0, 0.1) is 11.8 Å². The summed E-state index contributed by atoms with van der Waals surface area (Å²) in [5, 5.41) is 0.700. The van der Waals surface area contributed by atoms with E-state index in [1.807, 2.05) is 24.3 Å². The third kappa shape index (κ3) is 4.86. The van der Waals surface area contributed by atoms with Gasteiger partial charge in [0, 0.05) is 10.9 Å². The summed E-state index contributed by atoms with van der Waals surface area (Å²) in [5.41, 5.74) is 5.71. The predicted molar refractivity (Wildman–Crippen MR) is 68.9 cm³/mol. The largest absolute Gasteiger partial charge is 0.493 e. The van der Waals surface area contributed by atoms with Crippen molar-refractivity contribution in [1.82, 2.24) is 0 Å². The number of hydrogen-bond acceptors (Lipinski definition) is 2. The molecule has 0 aliphatic heterocycles. The molecule has 0 saturated carbocycles. The van der Waals surface area contributed by atoms with E-state index in [1.54, 1.807) is 0 Å². The van der Waals surface area contributed by atoms with Crippen molar-refractivity contribution in [3.05, 3.63) is 29.3 Å².